The van der Waals surface area contributed by atoms with Gasteiger partial charge in [-0.3, -0.25) is 0 Å². The first-order chi connectivity index (χ1) is 9.47. The Morgan fingerprint density at radius 3 is 2.80 bits per heavy atom. The average molecular weight is 272 g/mol. The predicted octanol–water partition coefficient (Wildman–Crippen LogP) is 6.14. The van der Waals surface area contributed by atoms with Gasteiger partial charge in [0.25, 0.3) is 0 Å². The monoisotopic (exact) mass is 272 g/mol. The molecule has 0 heteroatoms. The molecule has 0 saturated heterocycles. The van der Waals surface area contributed by atoms with Crippen molar-refractivity contribution in [1.29, 1.82) is 0 Å². The zero-order valence-corrected chi connectivity index (χ0v) is 13.8. The minimum atomic E-state index is 0.357. The number of hydrogen-bond acceptors (Lipinski definition) is 0. The van der Waals surface area contributed by atoms with E-state index in [-0.39, 0.29) is 0 Å². The molecule has 3 aliphatic rings. The zero-order valence-electron chi connectivity index (χ0n) is 13.8. The van der Waals surface area contributed by atoms with Gasteiger partial charge in [0.1, 0.15) is 0 Å². The lowest BCUT2D eigenvalue weighted by Crippen LogP contribution is -2.40. The van der Waals surface area contributed by atoms with Gasteiger partial charge in [-0.2, -0.15) is 0 Å². The van der Waals surface area contributed by atoms with Crippen molar-refractivity contribution >= 4 is 0 Å². The summed E-state index contributed by atoms with van der Waals surface area (Å²) >= 11 is 0. The lowest BCUT2D eigenvalue weighted by atomic mass is 9.54. The topological polar surface area (TPSA) is 0 Å². The van der Waals surface area contributed by atoms with Crippen molar-refractivity contribution in [2.45, 2.75) is 72.1 Å². The van der Waals surface area contributed by atoms with Gasteiger partial charge in [0.2, 0.25) is 0 Å². The van der Waals surface area contributed by atoms with Crippen LogP contribution >= 0.6 is 0 Å². The van der Waals surface area contributed by atoms with Gasteiger partial charge in [-0.15, -0.1) is 6.58 Å². The van der Waals surface area contributed by atoms with E-state index in [4.69, 9.17) is 0 Å². The van der Waals surface area contributed by atoms with E-state index in [1.54, 1.807) is 0 Å². The van der Waals surface area contributed by atoms with Crippen LogP contribution in [0.5, 0.6) is 0 Å². The summed E-state index contributed by atoms with van der Waals surface area (Å²) in [6.07, 6.45) is 16.1. The predicted molar refractivity (Wildman–Crippen MR) is 87.6 cm³/mol. The molecule has 0 aromatic rings. The van der Waals surface area contributed by atoms with Crippen LogP contribution in [0, 0.1) is 28.6 Å². The summed E-state index contributed by atoms with van der Waals surface area (Å²) in [6, 6.07) is 0. The van der Waals surface area contributed by atoms with Crippen molar-refractivity contribution in [3.05, 3.63) is 24.3 Å². The molecule has 5 atom stereocenters. The van der Waals surface area contributed by atoms with Crippen molar-refractivity contribution in [1.82, 2.24) is 0 Å². The lowest BCUT2D eigenvalue weighted by Gasteiger charge is -2.51. The van der Waals surface area contributed by atoms with Crippen LogP contribution in [0.3, 0.4) is 0 Å². The first-order valence-electron chi connectivity index (χ1n) is 8.81. The Labute approximate surface area is 125 Å². The fourth-order valence-electron chi connectivity index (χ4n) is 5.49. The Morgan fingerprint density at radius 2 is 2.05 bits per heavy atom. The molecule has 0 heterocycles. The van der Waals surface area contributed by atoms with Crippen LogP contribution in [0.1, 0.15) is 72.1 Å². The van der Waals surface area contributed by atoms with Gasteiger partial charge in [-0.25, -0.2) is 0 Å². The van der Waals surface area contributed by atoms with Crippen molar-refractivity contribution in [2.75, 3.05) is 0 Å². The molecule has 20 heavy (non-hydrogen) atoms. The molecule has 2 saturated carbocycles. The fourth-order valence-corrected chi connectivity index (χ4v) is 5.49. The van der Waals surface area contributed by atoms with Crippen LogP contribution in [0.4, 0.5) is 0 Å². The third-order valence-electron chi connectivity index (χ3n) is 6.94. The first-order valence-corrected chi connectivity index (χ1v) is 8.81. The van der Waals surface area contributed by atoms with E-state index in [1.165, 1.54) is 51.4 Å². The molecule has 2 unspecified atom stereocenters. The van der Waals surface area contributed by atoms with Crippen molar-refractivity contribution < 1.29 is 0 Å². The van der Waals surface area contributed by atoms with Gasteiger partial charge in [0.05, 0.1) is 0 Å². The molecule has 0 spiro atoms. The van der Waals surface area contributed by atoms with Crippen LogP contribution in [0.2, 0.25) is 0 Å². The second-order valence-electron chi connectivity index (χ2n) is 8.55. The third kappa shape index (κ3) is 2.30. The largest absolute Gasteiger partial charge is 0.103 e. The number of allylic oxidation sites excluding steroid dienone is 3. The highest BCUT2D eigenvalue weighted by molar-refractivity contribution is 5.26. The number of fused-ring (bicyclic) bond motifs is 3. The van der Waals surface area contributed by atoms with E-state index >= 15 is 0 Å². The van der Waals surface area contributed by atoms with E-state index in [0.29, 0.717) is 10.8 Å². The fraction of sp³-hybridized carbons (Fsp3) is 0.800. The minimum absolute atomic E-state index is 0.357. The Bertz CT molecular complexity index is 418. The van der Waals surface area contributed by atoms with Crippen molar-refractivity contribution in [3.8, 4) is 0 Å². The van der Waals surface area contributed by atoms with Gasteiger partial charge >= 0.3 is 0 Å². The lowest BCUT2D eigenvalue weighted by molar-refractivity contribution is 0.109. The summed E-state index contributed by atoms with van der Waals surface area (Å²) in [6.45, 7) is 11.6. The molecule has 0 amide bonds. The number of hydrogen-bond donors (Lipinski definition) is 0. The molecule has 0 N–H and O–H groups in total. The molecule has 0 radical (unpaired) electrons. The quantitative estimate of drug-likeness (QED) is 0.503. The zero-order chi connectivity index (χ0) is 14.4. The van der Waals surface area contributed by atoms with Gasteiger partial charge in [-0.1, -0.05) is 51.3 Å². The summed E-state index contributed by atoms with van der Waals surface area (Å²) in [5, 5.41) is 0. The molecule has 0 bridgehead atoms. The van der Waals surface area contributed by atoms with Crippen molar-refractivity contribution in [2.24, 2.45) is 28.6 Å². The summed E-state index contributed by atoms with van der Waals surface area (Å²) in [4.78, 5) is 0. The first kappa shape index (κ1) is 14.4. The van der Waals surface area contributed by atoms with Gasteiger partial charge in [0, 0.05) is 0 Å². The Morgan fingerprint density at radius 1 is 1.25 bits per heavy atom. The summed E-state index contributed by atoms with van der Waals surface area (Å²) in [5.74, 6) is 2.75. The van der Waals surface area contributed by atoms with Crippen LogP contribution in [0.15, 0.2) is 24.3 Å². The molecule has 0 nitrogen and oxygen atoms in total. The normalized spacial score (nSPS) is 48.5. The van der Waals surface area contributed by atoms with E-state index in [0.717, 1.165) is 17.8 Å². The Hall–Kier alpha value is -0.520. The third-order valence-corrected chi connectivity index (χ3v) is 6.94. The molecule has 0 aromatic heterocycles. The highest BCUT2D eigenvalue weighted by atomic mass is 14.5. The summed E-state index contributed by atoms with van der Waals surface area (Å²) in [7, 11) is 0. The maximum Gasteiger partial charge on any atom is -0.00853 e. The highest BCUT2D eigenvalue weighted by Crippen LogP contribution is 2.58. The minimum Gasteiger partial charge on any atom is -0.103 e. The molecule has 0 aliphatic heterocycles. The smallest absolute Gasteiger partial charge is 0.00853 e. The second kappa shape index (κ2) is 5.04. The molecule has 3 rings (SSSR count). The van der Waals surface area contributed by atoms with Gasteiger partial charge < -0.3 is 0 Å². The Balaban J connectivity index is 1.91. The molecule has 3 aliphatic carbocycles. The van der Waals surface area contributed by atoms with Crippen LogP contribution in [-0.4, -0.2) is 0 Å². The van der Waals surface area contributed by atoms with Crippen molar-refractivity contribution in [3.63, 3.8) is 0 Å². The molecule has 2 fully saturated rings. The summed E-state index contributed by atoms with van der Waals surface area (Å²) < 4.78 is 0. The van der Waals surface area contributed by atoms with E-state index in [9.17, 15) is 0 Å². The molecule has 0 aromatic carbocycles. The van der Waals surface area contributed by atoms with Crippen LogP contribution < -0.4 is 0 Å². The van der Waals surface area contributed by atoms with E-state index in [1.807, 2.05) is 5.57 Å². The van der Waals surface area contributed by atoms with E-state index in [2.05, 4.69) is 39.5 Å². The number of rotatable bonds is 1. The maximum absolute atomic E-state index is 4.09. The second-order valence-corrected chi connectivity index (χ2v) is 8.55. The summed E-state index contributed by atoms with van der Waals surface area (Å²) in [5.41, 5.74) is 2.73. The molecule has 112 valence electrons. The molecular formula is C20H32. The van der Waals surface area contributed by atoms with Gasteiger partial charge in [-0.05, 0) is 67.1 Å². The highest BCUT2D eigenvalue weighted by Gasteiger charge is 2.47. The maximum atomic E-state index is 4.09. The van der Waals surface area contributed by atoms with Crippen LogP contribution in [-0.2, 0) is 0 Å². The standard InChI is InChI=1S/C20H32/c1-5-19(3)12-10-18-16(14-19)8-9-17-13-15(2)7-6-11-20(17,18)4/h5,10,15-17H,1,6-9,11-14H2,2-4H3/t15-,16?,17?,19-,20+/m0/s1. The van der Waals surface area contributed by atoms with Gasteiger partial charge in [0.15, 0.2) is 0 Å². The molecular weight excluding hydrogens is 240 g/mol. The van der Waals surface area contributed by atoms with Crippen LogP contribution in [0.25, 0.3) is 0 Å². The van der Waals surface area contributed by atoms with E-state index < -0.39 is 0 Å². The Kier molecular flexibility index (Phi) is 3.63. The average Bonchev–Trinajstić information content (AvgIpc) is 2.56. The SMILES string of the molecule is C=C[C@@]1(C)CC=C2C(CCC3C[C@@H](C)CCC[C@@]23C)C1.